The van der Waals surface area contributed by atoms with Crippen molar-refractivity contribution in [1.82, 2.24) is 5.32 Å². The molecule has 0 saturated carbocycles. The number of fused-ring (bicyclic) bond motifs is 1. The van der Waals surface area contributed by atoms with Gasteiger partial charge in [-0.2, -0.15) is 0 Å². The number of hydrogen-bond donors (Lipinski definition) is 1. The van der Waals surface area contributed by atoms with E-state index in [0.717, 1.165) is 31.7 Å². The van der Waals surface area contributed by atoms with Crippen molar-refractivity contribution in [1.29, 1.82) is 0 Å². The summed E-state index contributed by atoms with van der Waals surface area (Å²) in [5.41, 5.74) is 2.77. The van der Waals surface area contributed by atoms with Crippen LogP contribution in [-0.4, -0.2) is 38.8 Å². The lowest BCUT2D eigenvalue weighted by Gasteiger charge is -2.31. The Morgan fingerprint density at radius 3 is 2.64 bits per heavy atom. The van der Waals surface area contributed by atoms with Gasteiger partial charge in [0.2, 0.25) is 0 Å². The molecule has 1 aliphatic rings. The topological polar surface area (TPSA) is 50.8 Å². The third-order valence-corrected chi connectivity index (χ3v) is 5.11. The first-order valence-corrected chi connectivity index (χ1v) is 10.1. The normalized spacial score (nSPS) is 14.1. The smallest absolute Gasteiger partial charge is 0.261 e. The van der Waals surface area contributed by atoms with Crippen LogP contribution in [0.15, 0.2) is 48.5 Å². The van der Waals surface area contributed by atoms with Gasteiger partial charge in [-0.3, -0.25) is 4.79 Å². The van der Waals surface area contributed by atoms with Gasteiger partial charge in [-0.25, -0.2) is 0 Å². The van der Waals surface area contributed by atoms with E-state index in [0.29, 0.717) is 18.7 Å². The van der Waals surface area contributed by atoms with Crippen molar-refractivity contribution in [3.05, 3.63) is 54.1 Å². The first kappa shape index (κ1) is 20.1. The molecule has 0 unspecified atom stereocenters. The summed E-state index contributed by atoms with van der Waals surface area (Å²) in [6, 6.07) is 15.9. The molecule has 1 amide bonds. The number of methoxy groups -OCH3 is 1. The van der Waals surface area contributed by atoms with E-state index in [-0.39, 0.29) is 5.91 Å². The Morgan fingerprint density at radius 2 is 1.89 bits per heavy atom. The summed E-state index contributed by atoms with van der Waals surface area (Å²) < 4.78 is 11.0. The largest absolute Gasteiger partial charge is 0.497 e. The van der Waals surface area contributed by atoms with Gasteiger partial charge in [0.05, 0.1) is 7.11 Å². The van der Waals surface area contributed by atoms with Crippen LogP contribution in [0.1, 0.15) is 31.7 Å². The molecule has 1 heterocycles. The zero-order valence-corrected chi connectivity index (χ0v) is 16.8. The Kier molecular flexibility index (Phi) is 7.18. The van der Waals surface area contributed by atoms with E-state index in [1.165, 1.54) is 17.7 Å². The minimum absolute atomic E-state index is 0.0580. The highest BCUT2D eigenvalue weighted by Gasteiger charge is 2.19. The van der Waals surface area contributed by atoms with Gasteiger partial charge in [-0.05, 0) is 61.6 Å². The van der Waals surface area contributed by atoms with Crippen molar-refractivity contribution in [3.8, 4) is 11.5 Å². The SMILES string of the molecule is CC[C@@H](Oc1ccc(OC)cc1)C(=O)NCCCN1CCCc2ccccc21. The number of para-hydroxylation sites is 1. The Bertz CT molecular complexity index is 761. The monoisotopic (exact) mass is 382 g/mol. The number of nitrogens with zero attached hydrogens (tertiary/aromatic N) is 1. The number of carbonyl (C=O) groups is 1. The average Bonchev–Trinajstić information content (AvgIpc) is 2.75. The number of benzene rings is 2. The van der Waals surface area contributed by atoms with Gasteiger partial charge < -0.3 is 19.7 Å². The van der Waals surface area contributed by atoms with E-state index in [2.05, 4.69) is 34.5 Å². The summed E-state index contributed by atoms with van der Waals surface area (Å²) in [6.07, 6.45) is 3.40. The summed E-state index contributed by atoms with van der Waals surface area (Å²) in [6.45, 7) is 4.65. The van der Waals surface area contributed by atoms with Crippen LogP contribution >= 0.6 is 0 Å². The quantitative estimate of drug-likeness (QED) is 0.670. The fraction of sp³-hybridized carbons (Fsp3) is 0.435. The van der Waals surface area contributed by atoms with Crippen molar-refractivity contribution < 1.29 is 14.3 Å². The van der Waals surface area contributed by atoms with Crippen molar-refractivity contribution >= 4 is 11.6 Å². The number of nitrogens with one attached hydrogen (secondary N) is 1. The molecule has 150 valence electrons. The van der Waals surface area contributed by atoms with Gasteiger partial charge in [-0.1, -0.05) is 25.1 Å². The van der Waals surface area contributed by atoms with Gasteiger partial charge in [0.1, 0.15) is 11.5 Å². The number of ether oxygens (including phenoxy) is 2. The molecular formula is C23H30N2O3. The second-order valence-electron chi connectivity index (χ2n) is 7.05. The molecule has 0 aromatic heterocycles. The molecule has 28 heavy (non-hydrogen) atoms. The van der Waals surface area contributed by atoms with Crippen LogP contribution in [0, 0.1) is 0 Å². The number of anilines is 1. The number of hydrogen-bond acceptors (Lipinski definition) is 4. The number of carbonyl (C=O) groups excluding carboxylic acids is 1. The molecule has 0 aliphatic carbocycles. The third kappa shape index (κ3) is 5.18. The van der Waals surface area contributed by atoms with Crippen LogP contribution in [0.3, 0.4) is 0 Å². The highest BCUT2D eigenvalue weighted by molar-refractivity contribution is 5.81. The van der Waals surface area contributed by atoms with Crippen molar-refractivity contribution in [2.45, 2.75) is 38.7 Å². The molecule has 0 radical (unpaired) electrons. The minimum Gasteiger partial charge on any atom is -0.497 e. The lowest BCUT2D eigenvalue weighted by atomic mass is 10.0. The molecule has 0 bridgehead atoms. The van der Waals surface area contributed by atoms with Gasteiger partial charge in [0.15, 0.2) is 6.10 Å². The summed E-state index contributed by atoms with van der Waals surface area (Å²) in [7, 11) is 1.63. The first-order valence-electron chi connectivity index (χ1n) is 10.1. The molecule has 5 heteroatoms. The summed E-state index contributed by atoms with van der Waals surface area (Å²) in [4.78, 5) is 14.9. The molecule has 2 aromatic carbocycles. The van der Waals surface area contributed by atoms with E-state index in [1.807, 2.05) is 31.2 Å². The molecule has 3 rings (SSSR count). The summed E-state index contributed by atoms with van der Waals surface area (Å²) in [5.74, 6) is 1.38. The third-order valence-electron chi connectivity index (χ3n) is 5.11. The first-order chi connectivity index (χ1) is 13.7. The van der Waals surface area contributed by atoms with E-state index in [1.54, 1.807) is 7.11 Å². The second-order valence-corrected chi connectivity index (χ2v) is 7.05. The maximum atomic E-state index is 12.5. The Labute approximate surface area is 167 Å². The average molecular weight is 383 g/mol. The van der Waals surface area contributed by atoms with Crippen LogP contribution in [0.4, 0.5) is 5.69 Å². The highest BCUT2D eigenvalue weighted by Crippen LogP contribution is 2.26. The van der Waals surface area contributed by atoms with Crippen molar-refractivity contribution in [3.63, 3.8) is 0 Å². The fourth-order valence-corrected chi connectivity index (χ4v) is 3.58. The zero-order chi connectivity index (χ0) is 19.8. The molecule has 1 N–H and O–H groups in total. The highest BCUT2D eigenvalue weighted by atomic mass is 16.5. The molecule has 5 nitrogen and oxygen atoms in total. The van der Waals surface area contributed by atoms with Crippen LogP contribution in [0.25, 0.3) is 0 Å². The van der Waals surface area contributed by atoms with Crippen LogP contribution in [0.5, 0.6) is 11.5 Å². The van der Waals surface area contributed by atoms with Gasteiger partial charge >= 0.3 is 0 Å². The zero-order valence-electron chi connectivity index (χ0n) is 16.8. The maximum absolute atomic E-state index is 12.5. The lowest BCUT2D eigenvalue weighted by Crippen LogP contribution is -2.39. The van der Waals surface area contributed by atoms with E-state index in [9.17, 15) is 4.79 Å². The Morgan fingerprint density at radius 1 is 1.14 bits per heavy atom. The molecular weight excluding hydrogens is 352 g/mol. The molecule has 2 aromatic rings. The predicted molar refractivity (Wildman–Crippen MR) is 112 cm³/mol. The van der Waals surface area contributed by atoms with Crippen molar-refractivity contribution in [2.24, 2.45) is 0 Å². The van der Waals surface area contributed by atoms with E-state index < -0.39 is 6.10 Å². The second kappa shape index (κ2) is 10.0. The van der Waals surface area contributed by atoms with Gasteiger partial charge in [0.25, 0.3) is 5.91 Å². The summed E-state index contributed by atoms with van der Waals surface area (Å²) in [5, 5.41) is 3.02. The Balaban J connectivity index is 1.44. The number of rotatable bonds is 9. The van der Waals surface area contributed by atoms with Crippen LogP contribution in [-0.2, 0) is 11.2 Å². The molecule has 1 aliphatic heterocycles. The van der Waals surface area contributed by atoms with Crippen LogP contribution < -0.4 is 19.7 Å². The van der Waals surface area contributed by atoms with E-state index >= 15 is 0 Å². The van der Waals surface area contributed by atoms with Crippen molar-refractivity contribution in [2.75, 3.05) is 31.6 Å². The standard InChI is InChI=1S/C23H30N2O3/c1-3-22(28-20-13-11-19(27-2)12-14-20)23(26)24-15-7-17-25-16-6-9-18-8-4-5-10-21(18)25/h4-5,8,10-14,22H,3,6-7,9,15-17H2,1-2H3,(H,24,26)/t22-/m1/s1. The lowest BCUT2D eigenvalue weighted by molar-refractivity contribution is -0.128. The van der Waals surface area contributed by atoms with Crippen LogP contribution in [0.2, 0.25) is 0 Å². The minimum atomic E-state index is -0.482. The number of aryl methyl sites for hydroxylation is 1. The summed E-state index contributed by atoms with van der Waals surface area (Å²) >= 11 is 0. The maximum Gasteiger partial charge on any atom is 0.261 e. The fourth-order valence-electron chi connectivity index (χ4n) is 3.58. The predicted octanol–water partition coefficient (Wildman–Crippen LogP) is 3.81. The van der Waals surface area contributed by atoms with Gasteiger partial charge in [0, 0.05) is 25.3 Å². The number of amides is 1. The molecule has 0 fully saturated rings. The molecule has 1 atom stereocenters. The molecule has 0 saturated heterocycles. The van der Waals surface area contributed by atoms with E-state index in [4.69, 9.17) is 9.47 Å². The molecule has 0 spiro atoms. The Hall–Kier alpha value is -2.69. The van der Waals surface area contributed by atoms with Gasteiger partial charge in [-0.15, -0.1) is 0 Å².